The normalized spacial score (nSPS) is 13.6. The Hall–Kier alpha value is -1.98. The van der Waals surface area contributed by atoms with E-state index in [0.29, 0.717) is 6.54 Å². The molecule has 0 radical (unpaired) electrons. The molecule has 0 heterocycles. The molecule has 2 rings (SSSR count). The summed E-state index contributed by atoms with van der Waals surface area (Å²) < 4.78 is 23.9. The molecule has 0 fully saturated rings. The second-order valence-electron chi connectivity index (χ2n) is 7.04. The molecule has 2 atom stereocenters. The molecule has 30 heavy (non-hydrogen) atoms. The van der Waals surface area contributed by atoms with Gasteiger partial charge < -0.3 is 19.1 Å². The van der Waals surface area contributed by atoms with Crippen LogP contribution in [0.15, 0.2) is 60.7 Å². The first-order valence-electron chi connectivity index (χ1n) is 10.3. The van der Waals surface area contributed by atoms with Crippen LogP contribution in [0.2, 0.25) is 0 Å². The molecule has 0 aliphatic carbocycles. The largest absolute Gasteiger partial charge is 0.394 e. The Morgan fingerprint density at radius 3 is 2.03 bits per heavy atom. The first-order chi connectivity index (χ1) is 14.4. The molecule has 0 spiro atoms. The molecule has 7 heteroatoms. The van der Waals surface area contributed by atoms with Gasteiger partial charge in [-0.15, -0.1) is 0 Å². The van der Waals surface area contributed by atoms with E-state index in [1.807, 2.05) is 60.7 Å². The molecule has 0 aromatic heterocycles. The van der Waals surface area contributed by atoms with Gasteiger partial charge in [0.15, 0.2) is 0 Å². The number of aliphatic hydroxyl groups excluding tert-OH is 1. The number of carbonyl (C=O) groups is 1. The van der Waals surface area contributed by atoms with Crippen LogP contribution in [-0.4, -0.2) is 41.4 Å². The summed E-state index contributed by atoms with van der Waals surface area (Å²) in [6, 6.07) is 18.5. The number of benzene rings is 2. The Bertz CT molecular complexity index is 805. The van der Waals surface area contributed by atoms with Crippen molar-refractivity contribution in [2.45, 2.75) is 45.4 Å². The van der Waals surface area contributed by atoms with Crippen molar-refractivity contribution in [3.8, 4) is 0 Å². The van der Waals surface area contributed by atoms with Gasteiger partial charge in [-0.1, -0.05) is 67.6 Å². The van der Waals surface area contributed by atoms with Crippen molar-refractivity contribution in [1.29, 1.82) is 0 Å². The van der Waals surface area contributed by atoms with Crippen LogP contribution in [0.25, 0.3) is 0 Å². The number of hydrogen-bond donors (Lipinski definition) is 1. The Morgan fingerprint density at radius 2 is 1.53 bits per heavy atom. The molecule has 2 aromatic rings. The summed E-state index contributed by atoms with van der Waals surface area (Å²) in [5.74, 6) is -0.214. The van der Waals surface area contributed by atoms with E-state index in [1.54, 1.807) is 25.7 Å². The summed E-state index contributed by atoms with van der Waals surface area (Å²) in [4.78, 5) is 15.0. The molecule has 0 aliphatic rings. The van der Waals surface area contributed by atoms with Crippen LogP contribution in [0.1, 0.15) is 44.4 Å². The highest BCUT2D eigenvalue weighted by Crippen LogP contribution is 2.54. The lowest BCUT2D eigenvalue weighted by Gasteiger charge is -2.33. The summed E-state index contributed by atoms with van der Waals surface area (Å²) in [5.41, 5.74) is 1.19. The second-order valence-corrected chi connectivity index (χ2v) is 9.52. The highest BCUT2D eigenvalue weighted by atomic mass is 31.2. The summed E-state index contributed by atoms with van der Waals surface area (Å²) in [7, 11) is -3.41. The number of amides is 1. The lowest BCUT2D eigenvalue weighted by atomic mass is 10.0. The van der Waals surface area contributed by atoms with Crippen molar-refractivity contribution in [1.82, 2.24) is 4.90 Å². The number of rotatable bonds is 12. The fourth-order valence-corrected chi connectivity index (χ4v) is 5.03. The second kappa shape index (κ2) is 12.0. The Balaban J connectivity index is 2.30. The summed E-state index contributed by atoms with van der Waals surface area (Å²) >= 11 is 0. The van der Waals surface area contributed by atoms with Gasteiger partial charge in [0.25, 0.3) is 0 Å². The summed E-state index contributed by atoms with van der Waals surface area (Å²) in [6.07, 6.45) is -0.00650. The zero-order chi connectivity index (χ0) is 22.0. The highest BCUT2D eigenvalue weighted by Gasteiger charge is 2.36. The Kier molecular flexibility index (Phi) is 9.73. The van der Waals surface area contributed by atoms with Gasteiger partial charge in [-0.2, -0.15) is 0 Å². The molecular formula is C23H32NO5P. The lowest BCUT2D eigenvalue weighted by molar-refractivity contribution is -0.135. The molecule has 0 aliphatic heterocycles. The number of carbonyl (C=O) groups excluding carboxylic acids is 1. The maximum Gasteiger partial charge on any atom is 0.333 e. The molecule has 1 unspecified atom stereocenters. The van der Waals surface area contributed by atoms with Gasteiger partial charge in [0.2, 0.25) is 5.91 Å². The van der Waals surface area contributed by atoms with E-state index in [-0.39, 0.29) is 32.1 Å². The average Bonchev–Trinajstić information content (AvgIpc) is 2.75. The fourth-order valence-electron chi connectivity index (χ4n) is 3.34. The van der Waals surface area contributed by atoms with Crippen molar-refractivity contribution in [3.63, 3.8) is 0 Å². The minimum Gasteiger partial charge on any atom is -0.394 e. The third-order valence-electron chi connectivity index (χ3n) is 4.88. The van der Waals surface area contributed by atoms with Gasteiger partial charge in [0.05, 0.1) is 31.5 Å². The maximum absolute atomic E-state index is 13.4. The molecule has 0 saturated carbocycles. The molecule has 1 N–H and O–H groups in total. The van der Waals surface area contributed by atoms with Crippen LogP contribution >= 0.6 is 7.60 Å². The predicted octanol–water partition coefficient (Wildman–Crippen LogP) is 4.79. The van der Waals surface area contributed by atoms with Crippen LogP contribution in [0.5, 0.6) is 0 Å². The van der Waals surface area contributed by atoms with Crippen LogP contribution in [0, 0.1) is 0 Å². The number of aliphatic hydroxyl groups is 1. The van der Waals surface area contributed by atoms with E-state index in [2.05, 4.69) is 0 Å². The SMILES string of the molecule is CCOP(=O)(OCC)C(C)CC(=O)N(Cc1ccccc1)[C@@H](CO)c1ccccc1. The third kappa shape index (κ3) is 6.51. The van der Waals surface area contributed by atoms with Crippen LogP contribution in [0.3, 0.4) is 0 Å². The van der Waals surface area contributed by atoms with Crippen molar-refractivity contribution in [2.24, 2.45) is 0 Å². The van der Waals surface area contributed by atoms with Crippen molar-refractivity contribution < 1.29 is 23.5 Å². The average molecular weight is 433 g/mol. The minimum atomic E-state index is -3.41. The van der Waals surface area contributed by atoms with Crippen molar-refractivity contribution >= 4 is 13.5 Å². The van der Waals surface area contributed by atoms with Gasteiger partial charge in [-0.25, -0.2) is 0 Å². The van der Waals surface area contributed by atoms with Gasteiger partial charge >= 0.3 is 7.60 Å². The maximum atomic E-state index is 13.4. The zero-order valence-corrected chi connectivity index (χ0v) is 18.8. The van der Waals surface area contributed by atoms with Crippen molar-refractivity contribution in [3.05, 3.63) is 71.8 Å². The number of hydrogen-bond acceptors (Lipinski definition) is 5. The topological polar surface area (TPSA) is 76.1 Å². The first-order valence-corrected chi connectivity index (χ1v) is 11.9. The Morgan fingerprint density at radius 1 is 1.00 bits per heavy atom. The summed E-state index contributed by atoms with van der Waals surface area (Å²) in [5, 5.41) is 10.1. The van der Waals surface area contributed by atoms with E-state index in [9.17, 15) is 14.5 Å². The molecule has 164 valence electrons. The van der Waals surface area contributed by atoms with E-state index >= 15 is 0 Å². The molecule has 0 bridgehead atoms. The molecule has 1 amide bonds. The molecule has 2 aromatic carbocycles. The molecule has 0 saturated heterocycles. The van der Waals surface area contributed by atoms with E-state index < -0.39 is 19.3 Å². The van der Waals surface area contributed by atoms with Crippen molar-refractivity contribution in [2.75, 3.05) is 19.8 Å². The predicted molar refractivity (Wildman–Crippen MR) is 118 cm³/mol. The fraction of sp³-hybridized carbons (Fsp3) is 0.435. The first kappa shape index (κ1) is 24.3. The monoisotopic (exact) mass is 433 g/mol. The van der Waals surface area contributed by atoms with Gasteiger partial charge in [0.1, 0.15) is 0 Å². The van der Waals surface area contributed by atoms with Gasteiger partial charge in [-0.3, -0.25) is 9.36 Å². The standard InChI is InChI=1S/C23H32NO5P/c1-4-28-30(27,29-5-2)19(3)16-23(26)24(17-20-12-8-6-9-13-20)22(18-25)21-14-10-7-11-15-21/h6-15,19,22,25H,4-5,16-18H2,1-3H3/t19?,22-/m0/s1. The molecular weight excluding hydrogens is 401 g/mol. The smallest absolute Gasteiger partial charge is 0.333 e. The quantitative estimate of drug-likeness (QED) is 0.487. The number of nitrogens with zero attached hydrogens (tertiary/aromatic N) is 1. The highest BCUT2D eigenvalue weighted by molar-refractivity contribution is 7.54. The molecule has 6 nitrogen and oxygen atoms in total. The third-order valence-corrected chi connectivity index (χ3v) is 7.38. The van der Waals surface area contributed by atoms with Crippen LogP contribution in [-0.2, 0) is 25.0 Å². The van der Waals surface area contributed by atoms with E-state index in [1.165, 1.54) is 0 Å². The van der Waals surface area contributed by atoms with Gasteiger partial charge in [-0.05, 0) is 25.0 Å². The van der Waals surface area contributed by atoms with Crippen LogP contribution < -0.4 is 0 Å². The Labute approximate surface area is 179 Å². The minimum absolute atomic E-state index is 0.00650. The van der Waals surface area contributed by atoms with Crippen LogP contribution in [0.4, 0.5) is 0 Å². The van der Waals surface area contributed by atoms with Gasteiger partial charge in [0, 0.05) is 13.0 Å². The van der Waals surface area contributed by atoms with E-state index in [4.69, 9.17) is 9.05 Å². The lowest BCUT2D eigenvalue weighted by Crippen LogP contribution is -2.37. The summed E-state index contributed by atoms with van der Waals surface area (Å²) in [6.45, 7) is 5.81. The van der Waals surface area contributed by atoms with E-state index in [0.717, 1.165) is 11.1 Å². The zero-order valence-electron chi connectivity index (χ0n) is 17.9.